The number of hydrogen-bond donors (Lipinski definition) is 0. The number of azo groups is 1. The molecule has 0 fully saturated rings. The summed E-state index contributed by atoms with van der Waals surface area (Å²) in [5, 5.41) is 18.5. The number of hydroxylamine groups is 1. The third kappa shape index (κ3) is 3.93. The molecule has 0 unspecified atom stereocenters. The first kappa shape index (κ1) is 11.4. The zero-order chi connectivity index (χ0) is 11.1. The molecule has 0 aliphatic heterocycles. The van der Waals surface area contributed by atoms with Crippen LogP contribution >= 0.6 is 0 Å². The molecule has 82 valence electrons. The Morgan fingerprint density at radius 2 is 2.47 bits per heavy atom. The van der Waals surface area contributed by atoms with Crippen LogP contribution in [0.2, 0.25) is 0 Å². The summed E-state index contributed by atoms with van der Waals surface area (Å²) in [6.07, 6.45) is 6.52. The molecule has 0 bridgehead atoms. The molecule has 0 saturated heterocycles. The third-order valence-corrected chi connectivity index (χ3v) is 1.94. The summed E-state index contributed by atoms with van der Waals surface area (Å²) in [7, 11) is 0. The second-order valence-corrected chi connectivity index (χ2v) is 3.22. The Kier molecular flexibility index (Phi) is 4.53. The van der Waals surface area contributed by atoms with Crippen LogP contribution in [-0.2, 0) is 0 Å². The van der Waals surface area contributed by atoms with Gasteiger partial charge in [-0.25, -0.2) is 0 Å². The molecule has 0 spiro atoms. The van der Waals surface area contributed by atoms with Gasteiger partial charge in [0.1, 0.15) is 6.26 Å². The van der Waals surface area contributed by atoms with E-state index in [0.29, 0.717) is 11.4 Å². The maximum Gasteiger partial charge on any atom is 0.180 e. The van der Waals surface area contributed by atoms with Crippen molar-refractivity contribution in [3.8, 4) is 0 Å². The SMILES string of the molecule is CCCC[N+]([O-])=N/C=C/c1conc1C. The van der Waals surface area contributed by atoms with Crippen molar-refractivity contribution in [2.45, 2.75) is 26.7 Å². The summed E-state index contributed by atoms with van der Waals surface area (Å²) in [4.78, 5) is 0.683. The van der Waals surface area contributed by atoms with Gasteiger partial charge >= 0.3 is 0 Å². The average Bonchev–Trinajstić information content (AvgIpc) is 2.61. The van der Waals surface area contributed by atoms with Crippen LogP contribution in [0.5, 0.6) is 0 Å². The average molecular weight is 209 g/mol. The minimum absolute atomic E-state index is 0.434. The van der Waals surface area contributed by atoms with Crippen molar-refractivity contribution in [3.63, 3.8) is 0 Å². The number of aryl methyl sites for hydroxylation is 1. The molecule has 1 rings (SSSR count). The van der Waals surface area contributed by atoms with E-state index in [0.717, 1.165) is 24.1 Å². The molecule has 0 aromatic carbocycles. The van der Waals surface area contributed by atoms with E-state index in [9.17, 15) is 5.21 Å². The molecule has 0 aliphatic rings. The highest BCUT2D eigenvalue weighted by atomic mass is 16.5. The lowest BCUT2D eigenvalue weighted by Crippen LogP contribution is -2.00. The molecular weight excluding hydrogens is 194 g/mol. The largest absolute Gasteiger partial charge is 0.600 e. The first-order chi connectivity index (χ1) is 7.24. The summed E-state index contributed by atoms with van der Waals surface area (Å²) in [5.41, 5.74) is 1.62. The van der Waals surface area contributed by atoms with E-state index in [-0.39, 0.29) is 0 Å². The van der Waals surface area contributed by atoms with Gasteiger partial charge in [-0.15, -0.1) is 0 Å². The van der Waals surface area contributed by atoms with Gasteiger partial charge in [0, 0.05) is 12.0 Å². The van der Waals surface area contributed by atoms with Gasteiger partial charge in [-0.2, -0.15) is 0 Å². The van der Waals surface area contributed by atoms with Crippen LogP contribution in [0.4, 0.5) is 0 Å². The van der Waals surface area contributed by atoms with E-state index in [4.69, 9.17) is 4.52 Å². The van der Waals surface area contributed by atoms with Crippen molar-refractivity contribution in [1.82, 2.24) is 5.16 Å². The predicted molar refractivity (Wildman–Crippen MR) is 56.1 cm³/mol. The Morgan fingerprint density at radius 1 is 1.67 bits per heavy atom. The maximum absolute atomic E-state index is 11.1. The van der Waals surface area contributed by atoms with Crippen molar-refractivity contribution in [2.75, 3.05) is 6.54 Å². The molecule has 0 saturated carbocycles. The quantitative estimate of drug-likeness (QED) is 0.425. The zero-order valence-corrected chi connectivity index (χ0v) is 9.01. The molecule has 0 radical (unpaired) electrons. The van der Waals surface area contributed by atoms with Gasteiger partial charge in [0.05, 0.1) is 11.9 Å². The molecule has 5 nitrogen and oxygen atoms in total. The smallest absolute Gasteiger partial charge is 0.180 e. The Bertz CT molecular complexity index is 355. The lowest BCUT2D eigenvalue weighted by Gasteiger charge is -1.96. The third-order valence-electron chi connectivity index (χ3n) is 1.94. The van der Waals surface area contributed by atoms with Crippen LogP contribution in [0.1, 0.15) is 31.0 Å². The molecule has 0 aliphatic carbocycles. The van der Waals surface area contributed by atoms with Crippen LogP contribution in [0.3, 0.4) is 0 Å². The lowest BCUT2D eigenvalue weighted by molar-refractivity contribution is -0.526. The van der Waals surface area contributed by atoms with Crippen molar-refractivity contribution < 1.29 is 9.38 Å². The number of rotatable bonds is 5. The highest BCUT2D eigenvalue weighted by Crippen LogP contribution is 2.06. The monoisotopic (exact) mass is 209 g/mol. The molecule has 15 heavy (non-hydrogen) atoms. The number of unbranched alkanes of at least 4 members (excludes halogenated alkanes) is 1. The van der Waals surface area contributed by atoms with Gasteiger partial charge in [0.15, 0.2) is 6.54 Å². The highest BCUT2D eigenvalue weighted by molar-refractivity contribution is 5.49. The van der Waals surface area contributed by atoms with E-state index in [1.54, 1.807) is 6.08 Å². The van der Waals surface area contributed by atoms with Crippen molar-refractivity contribution in [1.29, 1.82) is 0 Å². The minimum atomic E-state index is 0.434. The van der Waals surface area contributed by atoms with Crippen molar-refractivity contribution >= 4 is 6.08 Å². The predicted octanol–water partition coefficient (Wildman–Crippen LogP) is 2.72. The van der Waals surface area contributed by atoms with Crippen LogP contribution in [0.15, 0.2) is 22.1 Å². The van der Waals surface area contributed by atoms with Crippen molar-refractivity contribution in [3.05, 3.63) is 28.9 Å². The summed E-state index contributed by atoms with van der Waals surface area (Å²) in [6.45, 7) is 4.29. The fourth-order valence-electron chi connectivity index (χ4n) is 0.999. The second-order valence-electron chi connectivity index (χ2n) is 3.22. The first-order valence-electron chi connectivity index (χ1n) is 4.97. The number of aromatic nitrogens is 1. The van der Waals surface area contributed by atoms with E-state index in [1.807, 2.05) is 13.8 Å². The summed E-state index contributed by atoms with van der Waals surface area (Å²) in [5.74, 6) is 0. The van der Waals surface area contributed by atoms with Crippen LogP contribution < -0.4 is 0 Å². The first-order valence-corrected chi connectivity index (χ1v) is 4.97. The van der Waals surface area contributed by atoms with Gasteiger partial charge in [-0.05, 0) is 18.1 Å². The summed E-state index contributed by atoms with van der Waals surface area (Å²) < 4.78 is 4.73. The fourth-order valence-corrected chi connectivity index (χ4v) is 0.999. The Balaban J connectivity index is 2.48. The van der Waals surface area contributed by atoms with Gasteiger partial charge < -0.3 is 9.73 Å². The number of hydrogen-bond acceptors (Lipinski definition) is 4. The summed E-state index contributed by atoms with van der Waals surface area (Å²) >= 11 is 0. The Labute approximate surface area is 88.7 Å². The molecule has 0 amide bonds. The van der Waals surface area contributed by atoms with Crippen molar-refractivity contribution in [2.24, 2.45) is 5.11 Å². The summed E-state index contributed by atoms with van der Waals surface area (Å²) in [6, 6.07) is 0. The van der Waals surface area contributed by atoms with Gasteiger partial charge in [-0.3, -0.25) is 0 Å². The minimum Gasteiger partial charge on any atom is -0.600 e. The van der Waals surface area contributed by atoms with Gasteiger partial charge in [0.2, 0.25) is 0 Å². The maximum atomic E-state index is 11.1. The number of nitrogens with zero attached hydrogens (tertiary/aromatic N) is 3. The van der Waals surface area contributed by atoms with E-state index < -0.39 is 0 Å². The highest BCUT2D eigenvalue weighted by Gasteiger charge is 1.97. The molecule has 5 heteroatoms. The normalized spacial score (nSPS) is 12.5. The van der Waals surface area contributed by atoms with Crippen LogP contribution in [0.25, 0.3) is 6.08 Å². The molecule has 0 atom stereocenters. The van der Waals surface area contributed by atoms with Gasteiger partial charge in [-0.1, -0.05) is 23.4 Å². The topological polar surface area (TPSA) is 64.5 Å². The van der Waals surface area contributed by atoms with Crippen LogP contribution in [-0.4, -0.2) is 16.6 Å². The van der Waals surface area contributed by atoms with Crippen LogP contribution in [0, 0.1) is 12.1 Å². The zero-order valence-electron chi connectivity index (χ0n) is 9.01. The Hall–Kier alpha value is -1.65. The fraction of sp³-hybridized carbons (Fsp3) is 0.500. The van der Waals surface area contributed by atoms with E-state index in [2.05, 4.69) is 10.3 Å². The molecule has 0 N–H and O–H groups in total. The standard InChI is InChI=1S/C10H15N3O2/c1-3-4-7-13(14)11-6-5-10-8-15-12-9(10)2/h5-6,8H,3-4,7H2,1-2H3/b6-5+,13-11?. The molecule has 1 aromatic heterocycles. The lowest BCUT2D eigenvalue weighted by atomic mass is 10.3. The Morgan fingerprint density at radius 3 is 3.07 bits per heavy atom. The van der Waals surface area contributed by atoms with E-state index >= 15 is 0 Å². The molecular formula is C10H15N3O2. The molecule has 1 aromatic rings. The van der Waals surface area contributed by atoms with Gasteiger partial charge in [0.25, 0.3) is 0 Å². The second kappa shape index (κ2) is 5.95. The molecule has 1 heterocycles. The van der Waals surface area contributed by atoms with E-state index in [1.165, 1.54) is 12.5 Å².